The van der Waals surface area contributed by atoms with Crippen LogP contribution in [0.4, 0.5) is 22.2 Å². The number of nitrogens with one attached hydrogen (secondary N) is 2. The van der Waals surface area contributed by atoms with Crippen LogP contribution in [0.2, 0.25) is 0 Å². The van der Waals surface area contributed by atoms with E-state index >= 15 is 0 Å². The molecule has 1 unspecified atom stereocenters. The molecule has 1 fully saturated rings. The zero-order valence-electron chi connectivity index (χ0n) is 19.9. The van der Waals surface area contributed by atoms with E-state index in [9.17, 15) is 4.79 Å². The van der Waals surface area contributed by atoms with Crippen LogP contribution in [0.5, 0.6) is 0 Å². The normalized spacial score (nSPS) is 17.6. The minimum Gasteiger partial charge on any atom is -0.377 e. The number of benzene rings is 1. The van der Waals surface area contributed by atoms with Gasteiger partial charge in [0.1, 0.15) is 18.5 Å². The summed E-state index contributed by atoms with van der Waals surface area (Å²) in [5.74, 6) is 2.27. The van der Waals surface area contributed by atoms with Gasteiger partial charge in [0.25, 0.3) is 0 Å². The summed E-state index contributed by atoms with van der Waals surface area (Å²) in [6.45, 7) is 8.12. The Balaban J connectivity index is 1.49. The number of hydrogen-bond acceptors (Lipinski definition) is 9. The fourth-order valence-corrected chi connectivity index (χ4v) is 4.42. The van der Waals surface area contributed by atoms with Crippen molar-refractivity contribution in [3.8, 4) is 11.4 Å². The summed E-state index contributed by atoms with van der Waals surface area (Å²) in [6.07, 6.45) is 3.83. The molecular weight excluding hydrogens is 446 g/mol. The summed E-state index contributed by atoms with van der Waals surface area (Å²) in [7, 11) is 0. The Hall–Kier alpha value is -3.86. The molecule has 0 radical (unpaired) electrons. The highest BCUT2D eigenvalue weighted by molar-refractivity contribution is 5.89. The van der Waals surface area contributed by atoms with E-state index < -0.39 is 0 Å². The third-order valence-corrected chi connectivity index (χ3v) is 6.18. The molecule has 0 aliphatic carbocycles. The average molecular weight is 476 g/mol. The SMILES string of the molecule is CCNC(=O)Nc1ccc(-c2nc3c(c(N4CCOCC4C)n2)CCN(c2ncncn2)C3)cc1. The maximum Gasteiger partial charge on any atom is 0.319 e. The van der Waals surface area contributed by atoms with Crippen LogP contribution in [0.25, 0.3) is 11.4 Å². The Labute approximate surface area is 204 Å². The predicted octanol–water partition coefficient (Wildman–Crippen LogP) is 2.26. The minimum absolute atomic E-state index is 0.223. The van der Waals surface area contributed by atoms with Gasteiger partial charge in [0, 0.05) is 36.4 Å². The number of rotatable bonds is 5. The highest BCUT2D eigenvalue weighted by Gasteiger charge is 2.29. The molecule has 4 heterocycles. The molecule has 0 spiro atoms. The first-order valence-electron chi connectivity index (χ1n) is 11.9. The summed E-state index contributed by atoms with van der Waals surface area (Å²) in [5, 5.41) is 5.56. The van der Waals surface area contributed by atoms with Gasteiger partial charge in [-0.25, -0.2) is 29.7 Å². The lowest BCUT2D eigenvalue weighted by molar-refractivity contribution is 0.0984. The molecule has 11 nitrogen and oxygen atoms in total. The maximum atomic E-state index is 11.8. The van der Waals surface area contributed by atoms with Gasteiger partial charge in [-0.2, -0.15) is 0 Å². The van der Waals surface area contributed by atoms with Crippen LogP contribution in [0.3, 0.4) is 0 Å². The molecule has 2 aliphatic rings. The molecule has 1 atom stereocenters. The van der Waals surface area contributed by atoms with Crippen molar-refractivity contribution in [1.82, 2.24) is 30.2 Å². The average Bonchev–Trinajstić information content (AvgIpc) is 2.89. The van der Waals surface area contributed by atoms with E-state index in [1.165, 1.54) is 18.2 Å². The highest BCUT2D eigenvalue weighted by atomic mass is 16.5. The third kappa shape index (κ3) is 4.99. The quantitative estimate of drug-likeness (QED) is 0.572. The lowest BCUT2D eigenvalue weighted by Gasteiger charge is -2.37. The number of carbonyl (C=O) groups is 1. The van der Waals surface area contributed by atoms with E-state index in [1.807, 2.05) is 31.2 Å². The number of carbonyl (C=O) groups excluding carboxylic acids is 1. The van der Waals surface area contributed by atoms with Crippen molar-refractivity contribution >= 4 is 23.5 Å². The Kier molecular flexibility index (Phi) is 6.66. The highest BCUT2D eigenvalue weighted by Crippen LogP contribution is 2.32. The molecule has 35 heavy (non-hydrogen) atoms. The largest absolute Gasteiger partial charge is 0.377 e. The molecule has 2 amide bonds. The Morgan fingerprint density at radius 2 is 1.94 bits per heavy atom. The number of fused-ring (bicyclic) bond motifs is 1. The van der Waals surface area contributed by atoms with Crippen molar-refractivity contribution in [2.45, 2.75) is 32.9 Å². The standard InChI is InChI=1S/C24H29N9O2/c1-3-26-24(34)29-18-6-4-17(5-7-18)21-30-20-12-32(23-27-14-25-15-28-23)9-8-19(20)22(31-21)33-10-11-35-13-16(33)2/h4-7,14-16H,3,8-13H2,1-2H3,(H2,26,29,34). The molecule has 1 aromatic carbocycles. The molecule has 1 saturated heterocycles. The van der Waals surface area contributed by atoms with Gasteiger partial charge in [-0.15, -0.1) is 0 Å². The first kappa shape index (κ1) is 22.9. The molecule has 182 valence electrons. The van der Waals surface area contributed by atoms with Crippen molar-refractivity contribution in [2.75, 3.05) is 48.0 Å². The van der Waals surface area contributed by atoms with Gasteiger partial charge in [-0.05, 0) is 44.5 Å². The third-order valence-electron chi connectivity index (χ3n) is 6.18. The lowest BCUT2D eigenvalue weighted by Crippen LogP contribution is -2.45. The van der Waals surface area contributed by atoms with E-state index in [4.69, 9.17) is 14.7 Å². The van der Waals surface area contributed by atoms with Gasteiger partial charge in [0.15, 0.2) is 5.82 Å². The van der Waals surface area contributed by atoms with Gasteiger partial charge >= 0.3 is 6.03 Å². The number of nitrogens with zero attached hydrogens (tertiary/aromatic N) is 7. The number of ether oxygens (including phenoxy) is 1. The van der Waals surface area contributed by atoms with E-state index in [0.717, 1.165) is 36.6 Å². The zero-order chi connectivity index (χ0) is 24.2. The van der Waals surface area contributed by atoms with Gasteiger partial charge in [-0.3, -0.25) is 0 Å². The zero-order valence-corrected chi connectivity index (χ0v) is 19.9. The summed E-state index contributed by atoms with van der Waals surface area (Å²) < 4.78 is 5.67. The monoisotopic (exact) mass is 475 g/mol. The summed E-state index contributed by atoms with van der Waals surface area (Å²) >= 11 is 0. The fourth-order valence-electron chi connectivity index (χ4n) is 4.42. The number of hydrogen-bond donors (Lipinski definition) is 2. The smallest absolute Gasteiger partial charge is 0.319 e. The lowest BCUT2D eigenvalue weighted by atomic mass is 10.0. The van der Waals surface area contributed by atoms with Crippen molar-refractivity contribution in [3.63, 3.8) is 0 Å². The Morgan fingerprint density at radius 3 is 2.69 bits per heavy atom. The van der Waals surface area contributed by atoms with Crippen molar-refractivity contribution in [1.29, 1.82) is 0 Å². The second kappa shape index (κ2) is 10.2. The molecule has 3 aromatic rings. The molecule has 5 rings (SSSR count). The topological polar surface area (TPSA) is 121 Å². The number of morpholine rings is 1. The van der Waals surface area contributed by atoms with Crippen molar-refractivity contribution in [3.05, 3.63) is 48.2 Å². The van der Waals surface area contributed by atoms with Crippen LogP contribution >= 0.6 is 0 Å². The fraction of sp³-hybridized carbons (Fsp3) is 0.417. The Bertz CT molecular complexity index is 1170. The summed E-state index contributed by atoms with van der Waals surface area (Å²) in [4.78, 5) is 38.9. The first-order valence-corrected chi connectivity index (χ1v) is 11.9. The molecule has 2 N–H and O–H groups in total. The van der Waals surface area contributed by atoms with Crippen LogP contribution < -0.4 is 20.4 Å². The first-order chi connectivity index (χ1) is 17.1. The Morgan fingerprint density at radius 1 is 1.14 bits per heavy atom. The van der Waals surface area contributed by atoms with Crippen molar-refractivity contribution < 1.29 is 9.53 Å². The predicted molar refractivity (Wildman–Crippen MR) is 132 cm³/mol. The van der Waals surface area contributed by atoms with Crippen LogP contribution in [-0.4, -0.2) is 69.8 Å². The van der Waals surface area contributed by atoms with Gasteiger partial charge in [0.2, 0.25) is 5.95 Å². The van der Waals surface area contributed by atoms with Crippen LogP contribution in [-0.2, 0) is 17.7 Å². The number of aromatic nitrogens is 5. The molecule has 2 aromatic heterocycles. The molecule has 0 bridgehead atoms. The minimum atomic E-state index is -0.229. The van der Waals surface area contributed by atoms with Gasteiger partial charge in [-0.1, -0.05) is 0 Å². The summed E-state index contributed by atoms with van der Waals surface area (Å²) in [6, 6.07) is 7.58. The summed E-state index contributed by atoms with van der Waals surface area (Å²) in [5.41, 5.74) is 3.73. The second-order valence-electron chi connectivity index (χ2n) is 8.58. The maximum absolute atomic E-state index is 11.8. The van der Waals surface area contributed by atoms with Gasteiger partial charge in [0.05, 0.1) is 31.5 Å². The number of amides is 2. The van der Waals surface area contributed by atoms with Crippen LogP contribution in [0.15, 0.2) is 36.9 Å². The number of anilines is 3. The van der Waals surface area contributed by atoms with Crippen LogP contribution in [0.1, 0.15) is 25.1 Å². The van der Waals surface area contributed by atoms with Gasteiger partial charge < -0.3 is 25.2 Å². The van der Waals surface area contributed by atoms with Crippen LogP contribution in [0, 0.1) is 0 Å². The molecule has 0 saturated carbocycles. The molecule has 11 heteroatoms. The van der Waals surface area contributed by atoms with E-state index in [-0.39, 0.29) is 12.1 Å². The van der Waals surface area contributed by atoms with E-state index in [1.54, 1.807) is 0 Å². The second-order valence-corrected chi connectivity index (χ2v) is 8.58. The van der Waals surface area contributed by atoms with E-state index in [2.05, 4.69) is 42.3 Å². The molecular formula is C24H29N9O2. The van der Waals surface area contributed by atoms with E-state index in [0.29, 0.717) is 43.8 Å². The van der Waals surface area contributed by atoms with Crippen molar-refractivity contribution in [2.24, 2.45) is 0 Å². The molecule has 2 aliphatic heterocycles. The number of urea groups is 1.